The minimum absolute atomic E-state index is 0.0978. The van der Waals surface area contributed by atoms with Crippen LogP contribution < -0.4 is 0 Å². The summed E-state index contributed by atoms with van der Waals surface area (Å²) in [6, 6.07) is 0. The zero-order valence-corrected chi connectivity index (χ0v) is 40.4. The molecule has 0 aromatic heterocycles. The molecule has 6 nitrogen and oxygen atoms in total. The van der Waals surface area contributed by atoms with E-state index in [0.29, 0.717) is 19.3 Å². The number of unbranched alkanes of at least 4 members (excludes halogenated alkanes) is 20. The van der Waals surface area contributed by atoms with E-state index in [0.717, 1.165) is 122 Å². The van der Waals surface area contributed by atoms with Gasteiger partial charge in [-0.15, -0.1) is 0 Å². The van der Waals surface area contributed by atoms with Crippen molar-refractivity contribution in [2.45, 2.75) is 239 Å². The minimum atomic E-state index is -0.796. The number of hydrogen-bond donors (Lipinski definition) is 0. The van der Waals surface area contributed by atoms with Crippen molar-refractivity contribution in [2.75, 3.05) is 13.2 Å². The first-order valence-corrected chi connectivity index (χ1v) is 25.6. The Balaban J connectivity index is 4.46. The summed E-state index contributed by atoms with van der Waals surface area (Å²) in [4.78, 5) is 38.0. The third-order valence-electron chi connectivity index (χ3n) is 10.6. The van der Waals surface area contributed by atoms with Gasteiger partial charge in [-0.05, 0) is 89.9 Å². The second-order valence-corrected chi connectivity index (χ2v) is 16.7. The Hall–Kier alpha value is -3.41. The van der Waals surface area contributed by atoms with Gasteiger partial charge in [-0.1, -0.05) is 209 Å². The molecule has 6 heteroatoms. The first-order valence-electron chi connectivity index (χ1n) is 25.6. The molecule has 0 N–H and O–H groups in total. The predicted molar refractivity (Wildman–Crippen MR) is 265 cm³/mol. The summed E-state index contributed by atoms with van der Waals surface area (Å²) in [5, 5.41) is 0. The molecule has 0 aromatic carbocycles. The van der Waals surface area contributed by atoms with Crippen LogP contribution in [0.2, 0.25) is 0 Å². The molecule has 0 heterocycles. The summed E-state index contributed by atoms with van der Waals surface area (Å²) >= 11 is 0. The van der Waals surface area contributed by atoms with Crippen LogP contribution in [0.3, 0.4) is 0 Å². The van der Waals surface area contributed by atoms with Gasteiger partial charge in [0, 0.05) is 19.3 Å². The molecule has 0 spiro atoms. The van der Waals surface area contributed by atoms with Crippen molar-refractivity contribution in [3.8, 4) is 0 Å². The highest BCUT2D eigenvalue weighted by Gasteiger charge is 2.19. The quantitative estimate of drug-likeness (QED) is 0.0263. The highest BCUT2D eigenvalue weighted by atomic mass is 16.6. The molecule has 1 atom stereocenters. The molecule has 0 aliphatic rings. The van der Waals surface area contributed by atoms with E-state index in [9.17, 15) is 14.4 Å². The third kappa shape index (κ3) is 47.6. The fourth-order valence-electron chi connectivity index (χ4n) is 6.86. The summed E-state index contributed by atoms with van der Waals surface area (Å²) < 4.78 is 16.8. The standard InChI is InChI=1S/C56H94O6/c1-4-7-10-13-16-19-22-25-27-28-29-32-34-37-40-43-46-49-55(58)61-52-53(51-60-54(57)48-45-42-39-36-33-30-24-21-18-15-12-9-6-3)62-56(59)50-47-44-41-38-35-31-26-23-20-17-14-11-8-5-2/h7,9-10,12,16,18-19,21,25,27,29-30,32-33,53H,4-6,8,11,13-15,17,20,22-24,26,28,31,34-52H2,1-3H3/b10-7-,12-9-,19-16-,21-18-,27-25-,32-29-,33-30-. The van der Waals surface area contributed by atoms with Crippen molar-refractivity contribution < 1.29 is 28.6 Å². The maximum absolute atomic E-state index is 12.8. The highest BCUT2D eigenvalue weighted by Crippen LogP contribution is 2.15. The molecule has 0 saturated heterocycles. The van der Waals surface area contributed by atoms with Crippen LogP contribution in [0, 0.1) is 0 Å². The van der Waals surface area contributed by atoms with Gasteiger partial charge in [0.05, 0.1) is 0 Å². The van der Waals surface area contributed by atoms with Crippen LogP contribution in [0.15, 0.2) is 85.1 Å². The Bertz CT molecular complexity index is 1220. The molecule has 0 radical (unpaired) electrons. The second-order valence-electron chi connectivity index (χ2n) is 16.7. The summed E-state index contributed by atoms with van der Waals surface area (Å²) in [7, 11) is 0. The van der Waals surface area contributed by atoms with Crippen molar-refractivity contribution in [1.29, 1.82) is 0 Å². The SMILES string of the molecule is CC/C=C\C/C=C\C/C=C\C/C=C\CCCCCCC(=O)OCC(COC(=O)CCCCC/C=C\C/C=C\C/C=C\CC)OC(=O)CCCCCCCCCCCCCCCC. The Morgan fingerprint density at radius 2 is 0.629 bits per heavy atom. The molecular formula is C56H94O6. The van der Waals surface area contributed by atoms with Crippen LogP contribution in [-0.2, 0) is 28.6 Å². The van der Waals surface area contributed by atoms with Gasteiger partial charge in [0.25, 0.3) is 0 Å². The molecule has 1 unspecified atom stereocenters. The molecule has 0 fully saturated rings. The average molecular weight is 863 g/mol. The summed E-state index contributed by atoms with van der Waals surface area (Å²) in [6.45, 7) is 6.36. The van der Waals surface area contributed by atoms with Crippen molar-refractivity contribution in [1.82, 2.24) is 0 Å². The van der Waals surface area contributed by atoms with Crippen molar-refractivity contribution in [3.63, 3.8) is 0 Å². The topological polar surface area (TPSA) is 78.9 Å². The van der Waals surface area contributed by atoms with E-state index in [1.807, 2.05) is 0 Å². The zero-order chi connectivity index (χ0) is 45.1. The lowest BCUT2D eigenvalue weighted by Gasteiger charge is -2.18. The maximum Gasteiger partial charge on any atom is 0.306 e. The van der Waals surface area contributed by atoms with Crippen LogP contribution in [0.1, 0.15) is 233 Å². The van der Waals surface area contributed by atoms with Crippen LogP contribution >= 0.6 is 0 Å². The highest BCUT2D eigenvalue weighted by molar-refractivity contribution is 5.71. The van der Waals surface area contributed by atoms with Crippen molar-refractivity contribution >= 4 is 17.9 Å². The van der Waals surface area contributed by atoms with Gasteiger partial charge >= 0.3 is 17.9 Å². The summed E-state index contributed by atoms with van der Waals surface area (Å²) in [5.74, 6) is -0.948. The van der Waals surface area contributed by atoms with Gasteiger partial charge in [0.1, 0.15) is 13.2 Å². The zero-order valence-electron chi connectivity index (χ0n) is 40.4. The van der Waals surface area contributed by atoms with Gasteiger partial charge in [0.15, 0.2) is 6.10 Å². The lowest BCUT2D eigenvalue weighted by molar-refractivity contribution is -0.167. The van der Waals surface area contributed by atoms with Gasteiger partial charge < -0.3 is 14.2 Å². The lowest BCUT2D eigenvalue weighted by Crippen LogP contribution is -2.30. The van der Waals surface area contributed by atoms with E-state index in [1.54, 1.807) is 0 Å². The number of carbonyl (C=O) groups excluding carboxylic acids is 3. The molecule has 0 saturated carbocycles. The number of esters is 3. The lowest BCUT2D eigenvalue weighted by atomic mass is 10.0. The number of hydrogen-bond acceptors (Lipinski definition) is 6. The third-order valence-corrected chi connectivity index (χ3v) is 10.6. The van der Waals surface area contributed by atoms with Crippen LogP contribution in [0.4, 0.5) is 0 Å². The largest absolute Gasteiger partial charge is 0.462 e. The van der Waals surface area contributed by atoms with E-state index in [4.69, 9.17) is 14.2 Å². The molecule has 0 amide bonds. The number of allylic oxidation sites excluding steroid dienone is 14. The Kier molecular flexibility index (Phi) is 47.5. The number of rotatable bonds is 45. The Morgan fingerprint density at radius 1 is 0.339 bits per heavy atom. The molecule has 0 bridgehead atoms. The first kappa shape index (κ1) is 58.6. The van der Waals surface area contributed by atoms with Crippen molar-refractivity contribution in [2.24, 2.45) is 0 Å². The normalized spacial score (nSPS) is 12.8. The Labute approximate surface area is 382 Å². The van der Waals surface area contributed by atoms with Crippen LogP contribution in [0.25, 0.3) is 0 Å². The fraction of sp³-hybridized carbons (Fsp3) is 0.696. The summed E-state index contributed by atoms with van der Waals surface area (Å²) in [5.41, 5.74) is 0. The first-order chi connectivity index (χ1) is 30.5. The molecule has 0 aliphatic heterocycles. The van der Waals surface area contributed by atoms with Gasteiger partial charge in [-0.3, -0.25) is 14.4 Å². The summed E-state index contributed by atoms with van der Waals surface area (Å²) in [6.07, 6.45) is 64.2. The predicted octanol–water partition coefficient (Wildman–Crippen LogP) is 16.8. The fourth-order valence-corrected chi connectivity index (χ4v) is 6.86. The van der Waals surface area contributed by atoms with Gasteiger partial charge in [-0.2, -0.15) is 0 Å². The second kappa shape index (κ2) is 50.2. The Morgan fingerprint density at radius 3 is 1.00 bits per heavy atom. The number of carbonyl (C=O) groups is 3. The average Bonchev–Trinajstić information content (AvgIpc) is 3.27. The van der Waals surface area contributed by atoms with E-state index in [1.165, 1.54) is 70.6 Å². The molecule has 0 aromatic rings. The minimum Gasteiger partial charge on any atom is -0.462 e. The molecular weight excluding hydrogens is 769 g/mol. The van der Waals surface area contributed by atoms with Crippen LogP contribution in [0.5, 0.6) is 0 Å². The molecule has 62 heavy (non-hydrogen) atoms. The van der Waals surface area contributed by atoms with E-state index in [-0.39, 0.29) is 31.1 Å². The van der Waals surface area contributed by atoms with Gasteiger partial charge in [-0.25, -0.2) is 0 Å². The molecule has 0 aliphatic carbocycles. The van der Waals surface area contributed by atoms with Crippen molar-refractivity contribution in [3.05, 3.63) is 85.1 Å². The van der Waals surface area contributed by atoms with Gasteiger partial charge in [0.2, 0.25) is 0 Å². The van der Waals surface area contributed by atoms with E-state index >= 15 is 0 Å². The van der Waals surface area contributed by atoms with E-state index in [2.05, 4.69) is 106 Å². The number of ether oxygens (including phenoxy) is 3. The smallest absolute Gasteiger partial charge is 0.306 e. The van der Waals surface area contributed by atoms with Crippen LogP contribution in [-0.4, -0.2) is 37.2 Å². The van der Waals surface area contributed by atoms with E-state index < -0.39 is 6.10 Å². The molecule has 354 valence electrons. The maximum atomic E-state index is 12.8. The monoisotopic (exact) mass is 863 g/mol. The molecule has 0 rings (SSSR count).